The van der Waals surface area contributed by atoms with Gasteiger partial charge in [-0.25, -0.2) is 4.79 Å². The molecule has 6 nitrogen and oxygen atoms in total. The van der Waals surface area contributed by atoms with Crippen LogP contribution in [0.15, 0.2) is 30.3 Å². The van der Waals surface area contributed by atoms with E-state index in [0.717, 1.165) is 32.4 Å². The van der Waals surface area contributed by atoms with E-state index < -0.39 is 5.60 Å². The van der Waals surface area contributed by atoms with Gasteiger partial charge in [-0.15, -0.1) is 0 Å². The third-order valence-corrected chi connectivity index (χ3v) is 7.61. The summed E-state index contributed by atoms with van der Waals surface area (Å²) in [5, 5.41) is 11.1. The Kier molecular flexibility index (Phi) is 6.89. The summed E-state index contributed by atoms with van der Waals surface area (Å²) in [5.74, 6) is 0.642. The van der Waals surface area contributed by atoms with Crippen molar-refractivity contribution in [3.63, 3.8) is 0 Å². The molecule has 1 N–H and O–H groups in total. The molecule has 172 valence electrons. The Morgan fingerprint density at radius 3 is 2.39 bits per heavy atom. The van der Waals surface area contributed by atoms with Crippen LogP contribution in [0.3, 0.4) is 0 Å². The van der Waals surface area contributed by atoms with Crippen LogP contribution in [0.4, 0.5) is 4.79 Å². The molecule has 1 aliphatic carbocycles. The molecule has 2 heterocycles. The Morgan fingerprint density at radius 2 is 1.74 bits per heavy atom. The minimum atomic E-state index is -0.828. The molecule has 2 amide bonds. The van der Waals surface area contributed by atoms with Gasteiger partial charge in [-0.2, -0.15) is 0 Å². The molecule has 31 heavy (non-hydrogen) atoms. The van der Waals surface area contributed by atoms with Gasteiger partial charge in [0.05, 0.1) is 12.1 Å². The molecule has 6 heteroatoms. The summed E-state index contributed by atoms with van der Waals surface area (Å²) < 4.78 is 5.45. The molecule has 0 unspecified atom stereocenters. The Hall–Kier alpha value is -1.63. The van der Waals surface area contributed by atoms with Crippen molar-refractivity contribution in [3.8, 4) is 0 Å². The standard InChI is InChI=1S/C25H39N3O3/c1-26(2)25(22-7-4-3-5-8-22)11-6-15-28(20-24(30)13-17-31-18-14-24)23(29)27(16-12-25)19-21-9-10-21/h3-5,7-8,21,30H,6,9-20H2,1-2H3/t25-/m0/s1. The van der Waals surface area contributed by atoms with Gasteiger partial charge in [0.1, 0.15) is 0 Å². The van der Waals surface area contributed by atoms with E-state index in [4.69, 9.17) is 4.74 Å². The predicted octanol–water partition coefficient (Wildman–Crippen LogP) is 3.30. The fraction of sp³-hybridized carbons (Fsp3) is 0.720. The zero-order valence-corrected chi connectivity index (χ0v) is 19.3. The first kappa shape index (κ1) is 22.6. The number of hydrogen-bond acceptors (Lipinski definition) is 4. The molecule has 1 atom stereocenters. The van der Waals surface area contributed by atoms with Gasteiger partial charge in [0.2, 0.25) is 0 Å². The number of amides is 2. The predicted molar refractivity (Wildman–Crippen MR) is 122 cm³/mol. The van der Waals surface area contributed by atoms with Crippen molar-refractivity contribution in [2.45, 2.75) is 56.1 Å². The first-order valence-electron chi connectivity index (χ1n) is 12.0. The highest BCUT2D eigenvalue weighted by molar-refractivity contribution is 5.74. The third kappa shape index (κ3) is 5.24. The summed E-state index contributed by atoms with van der Waals surface area (Å²) >= 11 is 0. The number of carbonyl (C=O) groups excluding carboxylic acids is 1. The van der Waals surface area contributed by atoms with Crippen molar-refractivity contribution in [2.75, 3.05) is 53.5 Å². The Morgan fingerprint density at radius 1 is 1.03 bits per heavy atom. The summed E-state index contributed by atoms with van der Waals surface area (Å²) in [6, 6.07) is 10.9. The number of ether oxygens (including phenoxy) is 1. The second kappa shape index (κ2) is 9.47. The van der Waals surface area contributed by atoms with Crippen LogP contribution >= 0.6 is 0 Å². The van der Waals surface area contributed by atoms with E-state index in [1.807, 2.05) is 4.90 Å². The number of β-amino-alcohol motifs (C(OH)–C–C–N with tert-alkyl or cyclic N) is 1. The molecule has 0 bridgehead atoms. The molecule has 2 saturated heterocycles. The maximum Gasteiger partial charge on any atom is 0.320 e. The van der Waals surface area contributed by atoms with Crippen LogP contribution in [0.25, 0.3) is 0 Å². The Labute approximate surface area is 187 Å². The van der Waals surface area contributed by atoms with E-state index in [1.165, 1.54) is 18.4 Å². The Balaban J connectivity index is 1.58. The highest BCUT2D eigenvalue weighted by Gasteiger charge is 2.40. The second-order valence-electron chi connectivity index (χ2n) is 10.1. The van der Waals surface area contributed by atoms with Gasteiger partial charge < -0.3 is 19.6 Å². The van der Waals surface area contributed by atoms with Gasteiger partial charge in [-0.1, -0.05) is 30.3 Å². The van der Waals surface area contributed by atoms with Crippen molar-refractivity contribution in [1.29, 1.82) is 0 Å². The molecular formula is C25H39N3O3. The number of benzene rings is 1. The number of aliphatic hydroxyl groups is 1. The number of nitrogens with zero attached hydrogens (tertiary/aromatic N) is 3. The average Bonchev–Trinajstić information content (AvgIpc) is 3.58. The van der Waals surface area contributed by atoms with Crippen molar-refractivity contribution >= 4 is 6.03 Å². The van der Waals surface area contributed by atoms with Gasteiger partial charge in [0.15, 0.2) is 0 Å². The Bertz CT molecular complexity index is 731. The topological polar surface area (TPSA) is 56.2 Å². The molecule has 3 aliphatic rings. The number of hydrogen-bond donors (Lipinski definition) is 1. The van der Waals surface area contributed by atoms with Crippen LogP contribution in [0.1, 0.15) is 50.5 Å². The summed E-state index contributed by atoms with van der Waals surface area (Å²) in [6.45, 7) is 3.84. The van der Waals surface area contributed by atoms with Gasteiger partial charge in [0.25, 0.3) is 0 Å². The summed E-state index contributed by atoms with van der Waals surface area (Å²) in [5.41, 5.74) is 0.413. The molecule has 1 aromatic rings. The fourth-order valence-electron chi connectivity index (χ4n) is 5.33. The molecule has 1 aromatic carbocycles. The molecule has 1 saturated carbocycles. The quantitative estimate of drug-likeness (QED) is 0.754. The molecule has 3 fully saturated rings. The molecule has 4 rings (SSSR count). The van der Waals surface area contributed by atoms with Gasteiger partial charge in [-0.05, 0) is 57.7 Å². The normalized spacial score (nSPS) is 27.7. The van der Waals surface area contributed by atoms with E-state index in [1.54, 1.807) is 0 Å². The highest BCUT2D eigenvalue weighted by atomic mass is 16.5. The highest BCUT2D eigenvalue weighted by Crippen LogP contribution is 2.38. The van der Waals surface area contributed by atoms with Crippen molar-refractivity contribution in [1.82, 2.24) is 14.7 Å². The second-order valence-corrected chi connectivity index (χ2v) is 10.1. The minimum Gasteiger partial charge on any atom is -0.388 e. The van der Waals surface area contributed by atoms with E-state index in [9.17, 15) is 9.90 Å². The van der Waals surface area contributed by atoms with Crippen LogP contribution in [-0.4, -0.2) is 84.9 Å². The van der Waals surface area contributed by atoms with Gasteiger partial charge >= 0.3 is 6.03 Å². The van der Waals surface area contributed by atoms with Crippen LogP contribution in [-0.2, 0) is 10.3 Å². The summed E-state index contributed by atoms with van der Waals surface area (Å²) in [4.78, 5) is 20.0. The molecule has 0 radical (unpaired) electrons. The maximum atomic E-state index is 13.6. The van der Waals surface area contributed by atoms with E-state index in [2.05, 4.69) is 54.2 Å². The van der Waals surface area contributed by atoms with E-state index in [0.29, 0.717) is 45.1 Å². The van der Waals surface area contributed by atoms with E-state index in [-0.39, 0.29) is 11.6 Å². The maximum absolute atomic E-state index is 13.6. The summed E-state index contributed by atoms with van der Waals surface area (Å²) in [6.07, 6.45) is 6.49. The molecular weight excluding hydrogens is 390 g/mol. The first-order chi connectivity index (χ1) is 14.9. The number of urea groups is 1. The van der Waals surface area contributed by atoms with Gasteiger partial charge in [0, 0.05) is 51.2 Å². The van der Waals surface area contributed by atoms with E-state index >= 15 is 0 Å². The molecule has 2 aliphatic heterocycles. The fourth-order valence-corrected chi connectivity index (χ4v) is 5.33. The lowest BCUT2D eigenvalue weighted by atomic mass is 9.81. The van der Waals surface area contributed by atoms with Crippen molar-refractivity contribution in [3.05, 3.63) is 35.9 Å². The lowest BCUT2D eigenvalue weighted by molar-refractivity contribution is -0.0758. The SMILES string of the molecule is CN(C)[C@@]1(c2ccccc2)CCCN(CC2(O)CCOCC2)C(=O)N(CC2CC2)CC1. The van der Waals surface area contributed by atoms with Crippen molar-refractivity contribution in [2.24, 2.45) is 5.92 Å². The van der Waals surface area contributed by atoms with Crippen molar-refractivity contribution < 1.29 is 14.6 Å². The minimum absolute atomic E-state index is 0.0884. The monoisotopic (exact) mass is 429 g/mol. The summed E-state index contributed by atoms with van der Waals surface area (Å²) in [7, 11) is 4.33. The smallest absolute Gasteiger partial charge is 0.320 e. The zero-order chi connectivity index (χ0) is 21.9. The average molecular weight is 430 g/mol. The lowest BCUT2D eigenvalue weighted by Gasteiger charge is -2.41. The van der Waals surface area contributed by atoms with Crippen LogP contribution in [0.5, 0.6) is 0 Å². The van der Waals surface area contributed by atoms with Crippen LogP contribution in [0.2, 0.25) is 0 Å². The third-order valence-electron chi connectivity index (χ3n) is 7.61. The molecule has 0 aromatic heterocycles. The van der Waals surface area contributed by atoms with Gasteiger partial charge in [-0.3, -0.25) is 4.90 Å². The van der Waals surface area contributed by atoms with Crippen LogP contribution < -0.4 is 0 Å². The zero-order valence-electron chi connectivity index (χ0n) is 19.3. The van der Waals surface area contributed by atoms with Crippen LogP contribution in [0, 0.1) is 5.92 Å². The number of rotatable bonds is 6. The number of carbonyl (C=O) groups is 1. The lowest BCUT2D eigenvalue weighted by Crippen LogP contribution is -2.53. The molecule has 0 spiro atoms. The largest absolute Gasteiger partial charge is 0.388 e. The first-order valence-corrected chi connectivity index (χ1v) is 12.0.